The molecule has 154 valence electrons. The van der Waals surface area contributed by atoms with E-state index in [2.05, 4.69) is 10.4 Å². The highest BCUT2D eigenvalue weighted by Crippen LogP contribution is 2.45. The fourth-order valence-corrected chi connectivity index (χ4v) is 4.87. The topological polar surface area (TPSA) is 73.2 Å². The van der Waals surface area contributed by atoms with Gasteiger partial charge in [0, 0.05) is 17.4 Å². The third-order valence-electron chi connectivity index (χ3n) is 6.35. The lowest BCUT2D eigenvalue weighted by Crippen LogP contribution is -2.47. The highest BCUT2D eigenvalue weighted by atomic mass is 16.5. The SMILES string of the molecule is O=C(Cn1ncc2ccccc2c1=O)NC1CC2(CCCCC2)Oc2ccccc21. The van der Waals surface area contributed by atoms with Crippen molar-refractivity contribution in [3.63, 3.8) is 0 Å². The van der Waals surface area contributed by atoms with Gasteiger partial charge >= 0.3 is 0 Å². The number of carbonyl (C=O) groups is 1. The Bertz CT molecular complexity index is 1150. The van der Waals surface area contributed by atoms with Crippen LogP contribution in [0.4, 0.5) is 0 Å². The summed E-state index contributed by atoms with van der Waals surface area (Å²) in [5.41, 5.74) is 0.544. The van der Waals surface area contributed by atoms with Crippen LogP contribution in [-0.2, 0) is 11.3 Å². The highest BCUT2D eigenvalue weighted by molar-refractivity contribution is 5.81. The van der Waals surface area contributed by atoms with E-state index in [0.717, 1.165) is 48.8 Å². The van der Waals surface area contributed by atoms with Crippen LogP contribution in [-0.4, -0.2) is 21.3 Å². The van der Waals surface area contributed by atoms with Gasteiger partial charge in [-0.1, -0.05) is 42.8 Å². The Kier molecular flexibility index (Phi) is 4.77. The van der Waals surface area contributed by atoms with Gasteiger partial charge in [0.05, 0.1) is 17.6 Å². The molecule has 1 amide bonds. The minimum Gasteiger partial charge on any atom is -0.487 e. The molecule has 2 heterocycles. The number of ether oxygens (including phenoxy) is 1. The van der Waals surface area contributed by atoms with Crippen LogP contribution < -0.4 is 15.6 Å². The smallest absolute Gasteiger partial charge is 0.275 e. The molecule has 0 bridgehead atoms. The minimum atomic E-state index is -0.251. The Morgan fingerprint density at radius 1 is 1.10 bits per heavy atom. The number of hydrogen-bond donors (Lipinski definition) is 1. The van der Waals surface area contributed by atoms with Crippen molar-refractivity contribution in [3.05, 3.63) is 70.6 Å². The number of nitrogens with one attached hydrogen (secondary N) is 1. The first-order chi connectivity index (χ1) is 14.6. The predicted molar refractivity (Wildman–Crippen MR) is 114 cm³/mol. The van der Waals surface area contributed by atoms with Crippen LogP contribution in [0.5, 0.6) is 5.75 Å². The lowest BCUT2D eigenvalue weighted by atomic mass is 9.77. The maximum atomic E-state index is 12.9. The Hall–Kier alpha value is -3.15. The molecule has 0 radical (unpaired) electrons. The molecule has 30 heavy (non-hydrogen) atoms. The number of fused-ring (bicyclic) bond motifs is 2. The van der Waals surface area contributed by atoms with Gasteiger partial charge < -0.3 is 10.1 Å². The number of amides is 1. The van der Waals surface area contributed by atoms with Crippen LogP contribution in [0.3, 0.4) is 0 Å². The van der Waals surface area contributed by atoms with Crippen molar-refractivity contribution in [1.29, 1.82) is 0 Å². The van der Waals surface area contributed by atoms with Gasteiger partial charge in [0.1, 0.15) is 17.9 Å². The van der Waals surface area contributed by atoms with E-state index in [1.54, 1.807) is 12.3 Å². The maximum absolute atomic E-state index is 12.9. The Labute approximate surface area is 174 Å². The number of rotatable bonds is 3. The van der Waals surface area contributed by atoms with Gasteiger partial charge in [-0.25, -0.2) is 4.68 Å². The number of para-hydroxylation sites is 1. The standard InChI is InChI=1S/C24H25N3O3/c28-22(16-27-23(29)18-9-3-2-8-17(18)15-25-27)26-20-14-24(12-6-1-7-13-24)30-21-11-5-4-10-19(20)21/h2-5,8-11,15,20H,1,6-7,12-14,16H2,(H,26,28). The van der Waals surface area contributed by atoms with Crippen molar-refractivity contribution >= 4 is 16.7 Å². The van der Waals surface area contributed by atoms with E-state index >= 15 is 0 Å². The molecule has 1 aliphatic carbocycles. The van der Waals surface area contributed by atoms with Crippen LogP contribution in [0.1, 0.15) is 50.1 Å². The van der Waals surface area contributed by atoms with Gasteiger partial charge in [-0.2, -0.15) is 5.10 Å². The third kappa shape index (κ3) is 3.47. The Balaban J connectivity index is 1.39. The Morgan fingerprint density at radius 3 is 2.73 bits per heavy atom. The van der Waals surface area contributed by atoms with E-state index in [9.17, 15) is 9.59 Å². The molecule has 1 spiro atoms. The summed E-state index contributed by atoms with van der Waals surface area (Å²) in [6.07, 6.45) is 7.96. The molecule has 1 aromatic heterocycles. The molecule has 3 aromatic rings. The molecule has 0 saturated heterocycles. The van der Waals surface area contributed by atoms with Gasteiger partial charge in [0.25, 0.3) is 5.56 Å². The van der Waals surface area contributed by atoms with Crippen molar-refractivity contribution in [3.8, 4) is 5.75 Å². The van der Waals surface area contributed by atoms with Crippen molar-refractivity contribution in [2.45, 2.75) is 56.7 Å². The van der Waals surface area contributed by atoms with Gasteiger partial charge in [0.15, 0.2) is 0 Å². The maximum Gasteiger partial charge on any atom is 0.275 e. The van der Waals surface area contributed by atoms with E-state index in [1.807, 2.05) is 42.5 Å². The average molecular weight is 403 g/mol. The average Bonchev–Trinajstić information content (AvgIpc) is 2.76. The highest BCUT2D eigenvalue weighted by Gasteiger charge is 2.42. The quantitative estimate of drug-likeness (QED) is 0.723. The summed E-state index contributed by atoms with van der Waals surface area (Å²) < 4.78 is 7.67. The first kappa shape index (κ1) is 18.9. The molecule has 1 N–H and O–H groups in total. The zero-order chi connectivity index (χ0) is 20.6. The summed E-state index contributed by atoms with van der Waals surface area (Å²) in [5, 5.41) is 8.68. The normalized spacial score (nSPS) is 19.8. The summed E-state index contributed by atoms with van der Waals surface area (Å²) in [5.74, 6) is 0.643. The fourth-order valence-electron chi connectivity index (χ4n) is 4.87. The molecule has 1 fully saturated rings. The molecule has 2 aliphatic rings. The summed E-state index contributed by atoms with van der Waals surface area (Å²) in [6.45, 7) is -0.101. The molecular weight excluding hydrogens is 378 g/mol. The van der Waals surface area contributed by atoms with Gasteiger partial charge in [0.2, 0.25) is 5.91 Å². The van der Waals surface area contributed by atoms with Crippen molar-refractivity contribution < 1.29 is 9.53 Å². The molecule has 1 atom stereocenters. The Morgan fingerprint density at radius 2 is 1.87 bits per heavy atom. The zero-order valence-corrected chi connectivity index (χ0v) is 16.8. The molecule has 1 saturated carbocycles. The van der Waals surface area contributed by atoms with E-state index in [0.29, 0.717) is 5.39 Å². The summed E-state index contributed by atoms with van der Waals surface area (Å²) in [4.78, 5) is 25.6. The number of nitrogens with zero attached hydrogens (tertiary/aromatic N) is 2. The van der Waals surface area contributed by atoms with Gasteiger partial charge in [-0.15, -0.1) is 0 Å². The summed E-state index contributed by atoms with van der Waals surface area (Å²) in [7, 11) is 0. The molecule has 1 unspecified atom stereocenters. The molecule has 6 nitrogen and oxygen atoms in total. The molecule has 2 aromatic carbocycles. The second-order valence-electron chi connectivity index (χ2n) is 8.40. The van der Waals surface area contributed by atoms with Gasteiger partial charge in [-0.3, -0.25) is 9.59 Å². The zero-order valence-electron chi connectivity index (χ0n) is 16.8. The van der Waals surface area contributed by atoms with E-state index < -0.39 is 0 Å². The third-order valence-corrected chi connectivity index (χ3v) is 6.35. The monoisotopic (exact) mass is 403 g/mol. The largest absolute Gasteiger partial charge is 0.487 e. The second-order valence-corrected chi connectivity index (χ2v) is 8.40. The van der Waals surface area contributed by atoms with Crippen LogP contribution in [0.2, 0.25) is 0 Å². The first-order valence-corrected chi connectivity index (χ1v) is 10.7. The van der Waals surface area contributed by atoms with E-state index in [4.69, 9.17) is 4.74 Å². The van der Waals surface area contributed by atoms with Crippen LogP contribution >= 0.6 is 0 Å². The molecular formula is C24H25N3O3. The number of benzene rings is 2. The predicted octanol–water partition coefficient (Wildman–Crippen LogP) is 3.74. The molecule has 1 aliphatic heterocycles. The second kappa shape index (κ2) is 7.59. The van der Waals surface area contributed by atoms with Crippen molar-refractivity contribution in [2.24, 2.45) is 0 Å². The lowest BCUT2D eigenvalue weighted by Gasteiger charge is -2.44. The fraction of sp³-hybridized carbons (Fsp3) is 0.375. The number of hydrogen-bond acceptors (Lipinski definition) is 4. The van der Waals surface area contributed by atoms with E-state index in [1.165, 1.54) is 11.1 Å². The van der Waals surface area contributed by atoms with Crippen LogP contribution in [0, 0.1) is 0 Å². The first-order valence-electron chi connectivity index (χ1n) is 10.7. The van der Waals surface area contributed by atoms with Crippen LogP contribution in [0.15, 0.2) is 59.5 Å². The van der Waals surface area contributed by atoms with Crippen molar-refractivity contribution in [2.75, 3.05) is 0 Å². The summed E-state index contributed by atoms with van der Waals surface area (Å²) in [6, 6.07) is 15.1. The van der Waals surface area contributed by atoms with Crippen molar-refractivity contribution in [1.82, 2.24) is 15.1 Å². The minimum absolute atomic E-state index is 0.101. The lowest BCUT2D eigenvalue weighted by molar-refractivity contribution is -0.123. The van der Waals surface area contributed by atoms with E-state index in [-0.39, 0.29) is 29.7 Å². The van der Waals surface area contributed by atoms with Crippen LogP contribution in [0.25, 0.3) is 10.8 Å². The molecule has 6 heteroatoms. The summed E-state index contributed by atoms with van der Waals surface area (Å²) >= 11 is 0. The molecule has 5 rings (SSSR count). The number of carbonyl (C=O) groups excluding carboxylic acids is 1. The number of aromatic nitrogens is 2. The van der Waals surface area contributed by atoms with Gasteiger partial charge in [-0.05, 0) is 37.8 Å².